The Morgan fingerprint density at radius 3 is 2.58 bits per heavy atom. The van der Waals surface area contributed by atoms with Crippen LogP contribution in [-0.2, 0) is 15.9 Å². The minimum absolute atomic E-state index is 0.0406. The van der Waals surface area contributed by atoms with Gasteiger partial charge in [0, 0.05) is 6.42 Å². The van der Waals surface area contributed by atoms with Crippen LogP contribution >= 0.6 is 0 Å². The molecule has 7 rings (SSSR count). The molecule has 2 unspecified atom stereocenters. The molecule has 38 heavy (non-hydrogen) atoms. The van der Waals surface area contributed by atoms with Gasteiger partial charge in [0.05, 0.1) is 41.0 Å². The Morgan fingerprint density at radius 1 is 1.00 bits per heavy atom. The minimum atomic E-state index is -0.807. The van der Waals surface area contributed by atoms with E-state index in [-0.39, 0.29) is 11.8 Å². The molecule has 2 N–H and O–H groups in total. The first-order valence-corrected chi connectivity index (χ1v) is 12.6. The predicted molar refractivity (Wildman–Crippen MR) is 141 cm³/mol. The van der Waals surface area contributed by atoms with Gasteiger partial charge in [-0.2, -0.15) is 0 Å². The second-order valence-corrected chi connectivity index (χ2v) is 10.4. The maximum Gasteiger partial charge on any atom is 0.262 e. The van der Waals surface area contributed by atoms with Crippen molar-refractivity contribution in [3.63, 3.8) is 0 Å². The Morgan fingerprint density at radius 2 is 1.76 bits per heavy atom. The van der Waals surface area contributed by atoms with Crippen molar-refractivity contribution in [2.75, 3.05) is 6.61 Å². The first-order valence-electron chi connectivity index (χ1n) is 12.6. The van der Waals surface area contributed by atoms with E-state index in [0.717, 1.165) is 21.7 Å². The SMILES string of the molecule is [C-]#[N+]c1ccc(-n2c(O)c3c(c2O)C2(CCOc4noc5c(C)cccc45)CCC3(C)O2)c2ccccc12. The lowest BCUT2D eigenvalue weighted by atomic mass is 9.78. The van der Waals surface area contributed by atoms with Crippen LogP contribution < -0.4 is 4.74 Å². The van der Waals surface area contributed by atoms with Gasteiger partial charge < -0.3 is 24.2 Å². The van der Waals surface area contributed by atoms with E-state index in [4.69, 9.17) is 20.6 Å². The van der Waals surface area contributed by atoms with Crippen molar-refractivity contribution in [1.29, 1.82) is 0 Å². The lowest BCUT2D eigenvalue weighted by Crippen LogP contribution is -2.25. The number of aromatic nitrogens is 2. The van der Waals surface area contributed by atoms with Gasteiger partial charge in [0.1, 0.15) is 5.60 Å². The molecule has 2 atom stereocenters. The second-order valence-electron chi connectivity index (χ2n) is 10.4. The highest BCUT2D eigenvalue weighted by atomic mass is 16.6. The van der Waals surface area contributed by atoms with Gasteiger partial charge in [0.2, 0.25) is 11.8 Å². The van der Waals surface area contributed by atoms with Gasteiger partial charge in [-0.15, -0.1) is 0 Å². The highest BCUT2D eigenvalue weighted by Gasteiger charge is 2.61. The van der Waals surface area contributed by atoms with Crippen molar-refractivity contribution in [2.45, 2.75) is 44.3 Å². The fraction of sp³-hybridized carbons (Fsp3) is 0.267. The van der Waals surface area contributed by atoms with Crippen LogP contribution in [-0.4, -0.2) is 26.5 Å². The van der Waals surface area contributed by atoms with E-state index in [1.165, 1.54) is 4.57 Å². The predicted octanol–water partition coefficient (Wildman–Crippen LogP) is 6.75. The van der Waals surface area contributed by atoms with Crippen LogP contribution in [0, 0.1) is 13.5 Å². The van der Waals surface area contributed by atoms with Gasteiger partial charge in [0.25, 0.3) is 5.88 Å². The quantitative estimate of drug-likeness (QED) is 0.256. The summed E-state index contributed by atoms with van der Waals surface area (Å²) in [6.07, 6.45) is 1.86. The van der Waals surface area contributed by atoms with E-state index in [1.807, 2.05) is 56.3 Å². The number of hydrogen-bond acceptors (Lipinski definition) is 6. The van der Waals surface area contributed by atoms with Crippen molar-refractivity contribution in [1.82, 2.24) is 9.72 Å². The lowest BCUT2D eigenvalue weighted by molar-refractivity contribution is -0.0877. The number of fused-ring (bicyclic) bond motifs is 7. The van der Waals surface area contributed by atoms with E-state index < -0.39 is 11.2 Å². The molecular formula is C30H25N3O5. The third-order valence-corrected chi connectivity index (χ3v) is 8.18. The van der Waals surface area contributed by atoms with Gasteiger partial charge in [-0.1, -0.05) is 42.5 Å². The fourth-order valence-electron chi connectivity index (χ4n) is 6.39. The Balaban J connectivity index is 1.28. The van der Waals surface area contributed by atoms with E-state index in [0.29, 0.717) is 59.8 Å². The molecule has 8 heteroatoms. The van der Waals surface area contributed by atoms with Crippen LogP contribution in [0.15, 0.2) is 59.1 Å². The molecule has 2 aliphatic heterocycles. The normalized spacial score (nSPS) is 21.7. The summed E-state index contributed by atoms with van der Waals surface area (Å²) in [5.74, 6) is 0.334. The first kappa shape index (κ1) is 22.7. The summed E-state index contributed by atoms with van der Waals surface area (Å²) in [5, 5.41) is 29.6. The number of hydrogen-bond donors (Lipinski definition) is 2. The average molecular weight is 508 g/mol. The van der Waals surface area contributed by atoms with E-state index in [9.17, 15) is 10.2 Å². The number of aryl methyl sites for hydroxylation is 1. The molecule has 1 saturated heterocycles. The molecule has 4 heterocycles. The molecule has 0 amide bonds. The van der Waals surface area contributed by atoms with Crippen LogP contribution in [0.3, 0.4) is 0 Å². The zero-order valence-corrected chi connectivity index (χ0v) is 21.0. The van der Waals surface area contributed by atoms with Gasteiger partial charge in [-0.05, 0) is 60.3 Å². The van der Waals surface area contributed by atoms with Crippen LogP contribution in [0.2, 0.25) is 0 Å². The van der Waals surface area contributed by atoms with Crippen LogP contribution in [0.4, 0.5) is 5.69 Å². The molecule has 2 bridgehead atoms. The highest BCUT2D eigenvalue weighted by molar-refractivity contribution is 6.00. The maximum absolute atomic E-state index is 11.6. The molecule has 0 saturated carbocycles. The van der Waals surface area contributed by atoms with Crippen LogP contribution in [0.5, 0.6) is 17.6 Å². The molecule has 190 valence electrons. The standard InChI is InChI=1S/C30H25N3O5/c1-17-7-6-10-20-25(17)37-32-26(20)36-16-15-30-14-13-29(2,38-30)23-24(30)28(35)33(27(23)34)22-12-11-21(31-3)18-8-4-5-9-19(18)22/h4-12,34-35H,13-16H2,1-2H3. The number of nitrogens with zero attached hydrogens (tertiary/aromatic N) is 3. The van der Waals surface area contributed by atoms with E-state index in [1.54, 1.807) is 12.1 Å². The molecule has 2 aromatic heterocycles. The third-order valence-electron chi connectivity index (χ3n) is 8.18. The van der Waals surface area contributed by atoms with Crippen molar-refractivity contribution >= 4 is 27.4 Å². The summed E-state index contributed by atoms with van der Waals surface area (Å²) in [4.78, 5) is 3.63. The van der Waals surface area contributed by atoms with Crippen molar-refractivity contribution < 1.29 is 24.2 Å². The zero-order chi connectivity index (χ0) is 26.2. The number of rotatable bonds is 5. The first-order chi connectivity index (χ1) is 18.4. The molecule has 2 aliphatic rings. The number of para-hydroxylation sites is 1. The molecule has 5 aromatic rings. The molecule has 0 aliphatic carbocycles. The smallest absolute Gasteiger partial charge is 0.262 e. The summed E-state index contributed by atoms with van der Waals surface area (Å²) in [7, 11) is 0. The molecule has 0 radical (unpaired) electrons. The summed E-state index contributed by atoms with van der Waals surface area (Å²) in [6.45, 7) is 11.7. The lowest BCUT2D eigenvalue weighted by Gasteiger charge is -2.26. The molecule has 8 nitrogen and oxygen atoms in total. The van der Waals surface area contributed by atoms with Gasteiger partial charge in [-0.3, -0.25) is 4.57 Å². The van der Waals surface area contributed by atoms with Crippen LogP contribution in [0.1, 0.15) is 42.9 Å². The van der Waals surface area contributed by atoms with E-state index >= 15 is 0 Å². The molecule has 0 spiro atoms. The van der Waals surface area contributed by atoms with Crippen LogP contribution in [0.25, 0.3) is 32.3 Å². The number of ether oxygens (including phenoxy) is 2. The van der Waals surface area contributed by atoms with Gasteiger partial charge in [0.15, 0.2) is 11.3 Å². The Kier molecular flexibility index (Phi) is 4.64. The Hall–Kier alpha value is -4.48. The van der Waals surface area contributed by atoms with E-state index in [2.05, 4.69) is 10.0 Å². The second kappa shape index (κ2) is 7.76. The van der Waals surface area contributed by atoms with Crippen molar-refractivity contribution in [2.24, 2.45) is 0 Å². The Bertz CT molecular complexity index is 1810. The monoisotopic (exact) mass is 507 g/mol. The topological polar surface area (TPSA) is 94.2 Å². The maximum atomic E-state index is 11.6. The molecule has 1 fully saturated rings. The summed E-state index contributed by atoms with van der Waals surface area (Å²) in [6, 6.07) is 16.8. The minimum Gasteiger partial charge on any atom is -0.494 e. The molecular weight excluding hydrogens is 482 g/mol. The summed E-state index contributed by atoms with van der Waals surface area (Å²) in [5.41, 5.74) is 2.49. The fourth-order valence-corrected chi connectivity index (χ4v) is 6.39. The summed E-state index contributed by atoms with van der Waals surface area (Å²) < 4.78 is 19.6. The van der Waals surface area contributed by atoms with Gasteiger partial charge >= 0.3 is 0 Å². The zero-order valence-electron chi connectivity index (χ0n) is 21.0. The van der Waals surface area contributed by atoms with Gasteiger partial charge in [-0.25, -0.2) is 4.85 Å². The average Bonchev–Trinajstić information content (AvgIpc) is 3.63. The molecule has 3 aromatic carbocycles. The highest BCUT2D eigenvalue weighted by Crippen LogP contribution is 2.65. The third kappa shape index (κ3) is 2.91. The van der Waals surface area contributed by atoms with Crippen molar-refractivity contribution in [3.05, 3.63) is 82.7 Å². The largest absolute Gasteiger partial charge is 0.494 e. The number of benzene rings is 3. The van der Waals surface area contributed by atoms with Crippen molar-refractivity contribution in [3.8, 4) is 23.3 Å². The Labute approximate surface area is 218 Å². The summed E-state index contributed by atoms with van der Waals surface area (Å²) >= 11 is 0. The number of aromatic hydroxyl groups is 2.